The van der Waals surface area contributed by atoms with Crippen LogP contribution in [0.2, 0.25) is 0 Å². The molecule has 2 atom stereocenters. The molecule has 0 bridgehead atoms. The maximum atomic E-state index is 11.7. The Bertz CT molecular complexity index is 632. The van der Waals surface area contributed by atoms with Gasteiger partial charge in [0.2, 0.25) is 5.95 Å². The van der Waals surface area contributed by atoms with Crippen molar-refractivity contribution in [2.24, 2.45) is 0 Å². The number of hydrogen-bond donors (Lipinski definition) is 4. The van der Waals surface area contributed by atoms with Crippen LogP contribution in [-0.4, -0.2) is 50.7 Å². The lowest BCUT2D eigenvalue weighted by Crippen LogP contribution is -2.32. The Labute approximate surface area is 114 Å². The van der Waals surface area contributed by atoms with Crippen molar-refractivity contribution < 1.29 is 14.9 Å². The molecule has 0 spiro atoms. The molecule has 2 aromatic heterocycles. The van der Waals surface area contributed by atoms with Gasteiger partial charge in [0.15, 0.2) is 0 Å². The molecule has 2 rings (SSSR count). The number of anilines is 1. The number of aliphatic hydroxyl groups excluding tert-OH is 2. The number of nitrogens with zero attached hydrogens (tertiary/aromatic N) is 2. The number of rotatable bonds is 6. The summed E-state index contributed by atoms with van der Waals surface area (Å²) in [5.74, 6) is 0.0492. The lowest BCUT2D eigenvalue weighted by molar-refractivity contribution is -0.0450. The summed E-state index contributed by atoms with van der Waals surface area (Å²) in [5, 5.41) is 19.4. The number of aliphatic hydroxyl groups is 2. The third-order valence-corrected chi connectivity index (χ3v) is 3.22. The molecule has 0 aliphatic heterocycles. The zero-order valence-corrected chi connectivity index (χ0v) is 11.1. The minimum Gasteiger partial charge on any atom is -0.394 e. The van der Waals surface area contributed by atoms with Crippen molar-refractivity contribution in [3.05, 3.63) is 22.6 Å². The van der Waals surface area contributed by atoms with Gasteiger partial charge in [0.25, 0.3) is 5.56 Å². The van der Waals surface area contributed by atoms with Crippen molar-refractivity contribution in [1.29, 1.82) is 0 Å². The Kier molecular flexibility index (Phi) is 4.38. The zero-order chi connectivity index (χ0) is 14.7. The van der Waals surface area contributed by atoms with Gasteiger partial charge in [-0.25, -0.2) is 0 Å². The smallest absolute Gasteiger partial charge is 0.261 e. The number of hydrogen-bond acceptors (Lipinski definition) is 6. The highest BCUT2D eigenvalue weighted by Gasteiger charge is 2.18. The second kappa shape index (κ2) is 6.04. The van der Waals surface area contributed by atoms with Crippen LogP contribution < -0.4 is 11.3 Å². The van der Waals surface area contributed by atoms with Crippen LogP contribution in [0.3, 0.4) is 0 Å². The van der Waals surface area contributed by atoms with E-state index in [0.29, 0.717) is 24.0 Å². The minimum absolute atomic E-state index is 0.0492. The lowest BCUT2D eigenvalue weighted by Gasteiger charge is -2.19. The molecule has 8 nitrogen and oxygen atoms in total. The first-order valence-corrected chi connectivity index (χ1v) is 6.23. The Morgan fingerprint density at radius 1 is 1.60 bits per heavy atom. The first kappa shape index (κ1) is 14.5. The Morgan fingerprint density at radius 2 is 2.35 bits per heavy atom. The van der Waals surface area contributed by atoms with Crippen LogP contribution in [0.1, 0.15) is 6.42 Å². The van der Waals surface area contributed by atoms with Crippen molar-refractivity contribution in [1.82, 2.24) is 14.5 Å². The number of nitrogen functional groups attached to an aromatic ring is 1. The summed E-state index contributed by atoms with van der Waals surface area (Å²) in [5.41, 5.74) is 5.69. The van der Waals surface area contributed by atoms with Crippen molar-refractivity contribution in [2.45, 2.75) is 25.2 Å². The van der Waals surface area contributed by atoms with E-state index < -0.39 is 12.2 Å². The summed E-state index contributed by atoms with van der Waals surface area (Å²) in [4.78, 5) is 18.2. The van der Waals surface area contributed by atoms with E-state index in [1.807, 2.05) is 0 Å². The standard InChI is InChI=1S/C12H18N4O4/c1-20-9(6-17)8(18)3-5-16-4-2-7-10(16)14-12(13)15-11(7)19/h2,4,8-9,17-18H,3,5-6H2,1H3,(H3,13,14,15,19)/t8-,9-/m1/s1. The Hall–Kier alpha value is -1.90. The molecule has 0 saturated carbocycles. The maximum absolute atomic E-state index is 11.7. The molecule has 0 radical (unpaired) electrons. The van der Waals surface area contributed by atoms with Crippen molar-refractivity contribution in [2.75, 3.05) is 19.5 Å². The fraction of sp³-hybridized carbons (Fsp3) is 0.500. The quantitative estimate of drug-likeness (QED) is 0.542. The number of aromatic nitrogens is 3. The second-order valence-electron chi connectivity index (χ2n) is 4.51. The SMILES string of the molecule is CO[C@H](CO)[C@H](O)CCn1ccc2c(=O)[nH]c(N)nc21. The number of nitrogens with two attached hydrogens (primary N) is 1. The van der Waals surface area contributed by atoms with Crippen LogP contribution in [0.15, 0.2) is 17.1 Å². The first-order chi connectivity index (χ1) is 9.56. The summed E-state index contributed by atoms with van der Waals surface area (Å²) < 4.78 is 6.69. The molecular weight excluding hydrogens is 264 g/mol. The van der Waals surface area contributed by atoms with Crippen LogP contribution >= 0.6 is 0 Å². The molecule has 5 N–H and O–H groups in total. The molecule has 0 saturated heterocycles. The molecule has 8 heteroatoms. The van der Waals surface area contributed by atoms with Gasteiger partial charge in [-0.1, -0.05) is 0 Å². The van der Waals surface area contributed by atoms with E-state index in [-0.39, 0.29) is 18.1 Å². The molecular formula is C12H18N4O4. The fourth-order valence-electron chi connectivity index (χ4n) is 2.08. The molecule has 0 unspecified atom stereocenters. The summed E-state index contributed by atoms with van der Waals surface area (Å²) in [6.07, 6.45) is 0.636. The first-order valence-electron chi connectivity index (χ1n) is 6.23. The predicted octanol–water partition coefficient (Wildman–Crippen LogP) is -0.935. The normalized spacial score (nSPS) is 14.6. The number of H-pyrrole nitrogens is 1. The monoisotopic (exact) mass is 282 g/mol. The van der Waals surface area contributed by atoms with Gasteiger partial charge in [-0.2, -0.15) is 4.98 Å². The average molecular weight is 282 g/mol. The number of ether oxygens (including phenoxy) is 1. The molecule has 20 heavy (non-hydrogen) atoms. The Balaban J connectivity index is 2.17. The minimum atomic E-state index is -0.804. The van der Waals surface area contributed by atoms with Crippen LogP contribution in [0, 0.1) is 0 Å². The van der Waals surface area contributed by atoms with Gasteiger partial charge < -0.3 is 25.3 Å². The van der Waals surface area contributed by atoms with Crippen LogP contribution in [-0.2, 0) is 11.3 Å². The van der Waals surface area contributed by atoms with Gasteiger partial charge in [-0.3, -0.25) is 9.78 Å². The highest BCUT2D eigenvalue weighted by molar-refractivity contribution is 5.75. The Morgan fingerprint density at radius 3 is 3.00 bits per heavy atom. The summed E-state index contributed by atoms with van der Waals surface area (Å²) in [6, 6.07) is 1.65. The lowest BCUT2D eigenvalue weighted by atomic mass is 10.1. The molecule has 0 amide bonds. The van der Waals surface area contributed by atoms with E-state index in [1.54, 1.807) is 16.8 Å². The van der Waals surface area contributed by atoms with Gasteiger partial charge in [0, 0.05) is 19.9 Å². The van der Waals surface area contributed by atoms with E-state index in [1.165, 1.54) is 7.11 Å². The van der Waals surface area contributed by atoms with E-state index in [2.05, 4.69) is 9.97 Å². The van der Waals surface area contributed by atoms with E-state index in [0.717, 1.165) is 0 Å². The summed E-state index contributed by atoms with van der Waals surface area (Å²) >= 11 is 0. The molecule has 110 valence electrons. The molecule has 0 aliphatic rings. The number of aromatic amines is 1. The van der Waals surface area contributed by atoms with Gasteiger partial charge in [0.05, 0.1) is 18.1 Å². The molecule has 0 aliphatic carbocycles. The van der Waals surface area contributed by atoms with E-state index in [9.17, 15) is 9.90 Å². The maximum Gasteiger partial charge on any atom is 0.261 e. The van der Waals surface area contributed by atoms with Gasteiger partial charge in [-0.05, 0) is 12.5 Å². The molecule has 0 aromatic carbocycles. The molecule has 2 heterocycles. The van der Waals surface area contributed by atoms with Crippen molar-refractivity contribution in [3.8, 4) is 0 Å². The average Bonchev–Trinajstić information content (AvgIpc) is 2.81. The number of methoxy groups -OCH3 is 1. The van der Waals surface area contributed by atoms with Gasteiger partial charge >= 0.3 is 0 Å². The van der Waals surface area contributed by atoms with Crippen molar-refractivity contribution >= 4 is 17.0 Å². The summed E-state index contributed by atoms with van der Waals surface area (Å²) in [6.45, 7) is 0.176. The number of nitrogens with one attached hydrogen (secondary N) is 1. The zero-order valence-electron chi connectivity index (χ0n) is 11.1. The second-order valence-corrected chi connectivity index (χ2v) is 4.51. The third-order valence-electron chi connectivity index (χ3n) is 3.22. The predicted molar refractivity (Wildman–Crippen MR) is 73.3 cm³/mol. The van der Waals surface area contributed by atoms with E-state index >= 15 is 0 Å². The van der Waals surface area contributed by atoms with Crippen LogP contribution in [0.5, 0.6) is 0 Å². The highest BCUT2D eigenvalue weighted by Crippen LogP contribution is 2.12. The topological polar surface area (TPSA) is 126 Å². The fourth-order valence-corrected chi connectivity index (χ4v) is 2.08. The number of aryl methyl sites for hydroxylation is 1. The largest absolute Gasteiger partial charge is 0.394 e. The van der Waals surface area contributed by atoms with Gasteiger partial charge in [-0.15, -0.1) is 0 Å². The molecule has 2 aromatic rings. The highest BCUT2D eigenvalue weighted by atomic mass is 16.5. The van der Waals surface area contributed by atoms with Crippen molar-refractivity contribution in [3.63, 3.8) is 0 Å². The third kappa shape index (κ3) is 2.82. The van der Waals surface area contributed by atoms with Crippen LogP contribution in [0.4, 0.5) is 5.95 Å². The van der Waals surface area contributed by atoms with Crippen LogP contribution in [0.25, 0.3) is 11.0 Å². The van der Waals surface area contributed by atoms with E-state index in [4.69, 9.17) is 15.6 Å². The molecule has 0 fully saturated rings. The summed E-state index contributed by atoms with van der Waals surface area (Å²) in [7, 11) is 1.43. The van der Waals surface area contributed by atoms with Gasteiger partial charge in [0.1, 0.15) is 11.8 Å². The number of fused-ring (bicyclic) bond motifs is 1.